The van der Waals surface area contributed by atoms with Crippen molar-refractivity contribution in [3.8, 4) is 11.5 Å². The van der Waals surface area contributed by atoms with Gasteiger partial charge in [0.1, 0.15) is 12.7 Å². The molecule has 2 fully saturated rings. The van der Waals surface area contributed by atoms with Crippen LogP contribution in [0.5, 0.6) is 11.5 Å². The van der Waals surface area contributed by atoms with E-state index in [-0.39, 0.29) is 18.1 Å². The standard InChI is InChI=1S/C19H27N3O4/c23-19(8-20-15-11-24-12-15)21-14-4-3-7-22(9-14)10-16-13-25-17-5-1-2-6-18(17)26-16/h1-2,5-6,14-16,20H,3-4,7-13H2,(H,21,23). The Morgan fingerprint density at radius 3 is 2.81 bits per heavy atom. The Labute approximate surface area is 154 Å². The lowest BCUT2D eigenvalue weighted by molar-refractivity contribution is -0.122. The molecule has 2 saturated heterocycles. The lowest BCUT2D eigenvalue weighted by Crippen LogP contribution is -2.54. The molecular weight excluding hydrogens is 334 g/mol. The molecule has 3 aliphatic rings. The highest BCUT2D eigenvalue weighted by Crippen LogP contribution is 2.31. The summed E-state index contributed by atoms with van der Waals surface area (Å²) in [4.78, 5) is 14.5. The average molecular weight is 361 g/mol. The SMILES string of the molecule is O=C(CNC1COC1)NC1CCCN(CC2COc3ccccc3O2)C1. The zero-order chi connectivity index (χ0) is 17.8. The molecule has 4 rings (SSSR count). The average Bonchev–Trinajstić information content (AvgIpc) is 2.60. The zero-order valence-corrected chi connectivity index (χ0v) is 15.0. The molecule has 0 spiro atoms. The Morgan fingerprint density at radius 2 is 2.00 bits per heavy atom. The molecule has 7 heteroatoms. The summed E-state index contributed by atoms with van der Waals surface area (Å²) in [7, 11) is 0. The molecule has 3 aliphatic heterocycles. The van der Waals surface area contributed by atoms with Crippen molar-refractivity contribution in [2.45, 2.75) is 31.0 Å². The summed E-state index contributed by atoms with van der Waals surface area (Å²) >= 11 is 0. The van der Waals surface area contributed by atoms with Gasteiger partial charge in [0, 0.05) is 19.1 Å². The van der Waals surface area contributed by atoms with E-state index in [9.17, 15) is 4.79 Å². The van der Waals surface area contributed by atoms with Crippen LogP contribution < -0.4 is 20.1 Å². The minimum Gasteiger partial charge on any atom is -0.486 e. The molecule has 0 aromatic heterocycles. The van der Waals surface area contributed by atoms with Gasteiger partial charge in [-0.1, -0.05) is 12.1 Å². The van der Waals surface area contributed by atoms with Crippen LogP contribution in [0.15, 0.2) is 24.3 Å². The number of rotatable bonds is 6. The molecule has 1 amide bonds. The summed E-state index contributed by atoms with van der Waals surface area (Å²) in [5.74, 6) is 1.70. The molecule has 7 nitrogen and oxygen atoms in total. The van der Waals surface area contributed by atoms with Gasteiger partial charge in [0.15, 0.2) is 11.5 Å². The smallest absolute Gasteiger partial charge is 0.234 e. The number of carbonyl (C=O) groups is 1. The number of hydrogen-bond acceptors (Lipinski definition) is 6. The van der Waals surface area contributed by atoms with Crippen molar-refractivity contribution in [3.05, 3.63) is 24.3 Å². The molecule has 2 N–H and O–H groups in total. The number of piperidine rings is 1. The van der Waals surface area contributed by atoms with Crippen LogP contribution in [0.3, 0.4) is 0 Å². The van der Waals surface area contributed by atoms with Gasteiger partial charge < -0.3 is 24.8 Å². The maximum atomic E-state index is 12.1. The Balaban J connectivity index is 1.21. The second kappa shape index (κ2) is 8.24. The van der Waals surface area contributed by atoms with Gasteiger partial charge in [-0.15, -0.1) is 0 Å². The first kappa shape index (κ1) is 17.6. The summed E-state index contributed by atoms with van der Waals surface area (Å²) in [6, 6.07) is 8.32. The molecule has 1 aromatic carbocycles. The highest BCUT2D eigenvalue weighted by atomic mass is 16.6. The van der Waals surface area contributed by atoms with E-state index in [0.717, 1.165) is 44.0 Å². The van der Waals surface area contributed by atoms with E-state index in [2.05, 4.69) is 15.5 Å². The summed E-state index contributed by atoms with van der Waals surface area (Å²) in [6.45, 7) is 5.05. The van der Waals surface area contributed by atoms with E-state index in [1.54, 1.807) is 0 Å². The van der Waals surface area contributed by atoms with E-state index in [1.165, 1.54) is 0 Å². The molecule has 26 heavy (non-hydrogen) atoms. The third kappa shape index (κ3) is 4.47. The lowest BCUT2D eigenvalue weighted by Gasteiger charge is -2.36. The summed E-state index contributed by atoms with van der Waals surface area (Å²) in [5.41, 5.74) is 0. The topological polar surface area (TPSA) is 72.1 Å². The Hall–Kier alpha value is -1.83. The predicted molar refractivity (Wildman–Crippen MR) is 96.6 cm³/mol. The van der Waals surface area contributed by atoms with Crippen LogP contribution in [-0.2, 0) is 9.53 Å². The number of ether oxygens (including phenoxy) is 3. The molecule has 142 valence electrons. The molecule has 0 bridgehead atoms. The van der Waals surface area contributed by atoms with E-state index in [0.29, 0.717) is 32.4 Å². The molecule has 0 aliphatic carbocycles. The van der Waals surface area contributed by atoms with E-state index >= 15 is 0 Å². The number of carbonyl (C=O) groups excluding carboxylic acids is 1. The number of nitrogens with one attached hydrogen (secondary N) is 2. The highest BCUT2D eigenvalue weighted by molar-refractivity contribution is 5.78. The number of likely N-dealkylation sites (tertiary alicyclic amines) is 1. The van der Waals surface area contributed by atoms with Crippen molar-refractivity contribution in [1.29, 1.82) is 0 Å². The van der Waals surface area contributed by atoms with Gasteiger partial charge in [-0.05, 0) is 31.5 Å². The maximum absolute atomic E-state index is 12.1. The monoisotopic (exact) mass is 361 g/mol. The largest absolute Gasteiger partial charge is 0.486 e. The Kier molecular flexibility index (Phi) is 5.57. The van der Waals surface area contributed by atoms with Gasteiger partial charge in [0.05, 0.1) is 25.8 Å². The number of para-hydroxylation sites is 2. The van der Waals surface area contributed by atoms with Gasteiger partial charge in [-0.25, -0.2) is 0 Å². The summed E-state index contributed by atoms with van der Waals surface area (Å²) in [5, 5.41) is 6.36. The quantitative estimate of drug-likeness (QED) is 0.764. The number of amides is 1. The Bertz CT molecular complexity index is 623. The van der Waals surface area contributed by atoms with Crippen molar-refractivity contribution >= 4 is 5.91 Å². The molecule has 3 heterocycles. The third-order valence-electron chi connectivity index (χ3n) is 5.09. The van der Waals surface area contributed by atoms with Crippen molar-refractivity contribution < 1.29 is 19.0 Å². The van der Waals surface area contributed by atoms with E-state index in [4.69, 9.17) is 14.2 Å². The number of hydrogen-bond donors (Lipinski definition) is 2. The number of benzene rings is 1. The first-order chi connectivity index (χ1) is 12.8. The molecule has 2 unspecified atom stereocenters. The van der Waals surface area contributed by atoms with Crippen LogP contribution >= 0.6 is 0 Å². The maximum Gasteiger partial charge on any atom is 0.234 e. The van der Waals surface area contributed by atoms with Crippen LogP contribution in [-0.4, -0.2) is 75.0 Å². The van der Waals surface area contributed by atoms with E-state index < -0.39 is 0 Å². The molecule has 1 aromatic rings. The van der Waals surface area contributed by atoms with Crippen molar-refractivity contribution in [2.24, 2.45) is 0 Å². The van der Waals surface area contributed by atoms with Gasteiger partial charge in [0.2, 0.25) is 5.91 Å². The number of nitrogens with zero attached hydrogens (tertiary/aromatic N) is 1. The molecule has 2 atom stereocenters. The van der Waals surface area contributed by atoms with Crippen molar-refractivity contribution in [2.75, 3.05) is 46.0 Å². The molecule has 0 saturated carbocycles. The van der Waals surface area contributed by atoms with Crippen molar-refractivity contribution in [1.82, 2.24) is 15.5 Å². The normalized spacial score (nSPS) is 26.2. The van der Waals surface area contributed by atoms with Gasteiger partial charge >= 0.3 is 0 Å². The predicted octanol–water partition coefficient (Wildman–Crippen LogP) is 0.395. The van der Waals surface area contributed by atoms with E-state index in [1.807, 2.05) is 24.3 Å². The Morgan fingerprint density at radius 1 is 1.15 bits per heavy atom. The summed E-state index contributed by atoms with van der Waals surface area (Å²) in [6.07, 6.45) is 2.14. The second-order valence-corrected chi connectivity index (χ2v) is 7.28. The van der Waals surface area contributed by atoms with Crippen LogP contribution in [0, 0.1) is 0 Å². The second-order valence-electron chi connectivity index (χ2n) is 7.28. The zero-order valence-electron chi connectivity index (χ0n) is 15.0. The minimum atomic E-state index is 0.0274. The van der Waals surface area contributed by atoms with Gasteiger partial charge in [-0.2, -0.15) is 0 Å². The minimum absolute atomic E-state index is 0.0274. The van der Waals surface area contributed by atoms with Crippen LogP contribution in [0.1, 0.15) is 12.8 Å². The van der Waals surface area contributed by atoms with Crippen molar-refractivity contribution in [3.63, 3.8) is 0 Å². The third-order valence-corrected chi connectivity index (χ3v) is 5.09. The molecular formula is C19H27N3O4. The fraction of sp³-hybridized carbons (Fsp3) is 0.632. The number of fused-ring (bicyclic) bond motifs is 1. The van der Waals surface area contributed by atoms with Crippen LogP contribution in [0.4, 0.5) is 0 Å². The fourth-order valence-corrected chi connectivity index (χ4v) is 3.65. The first-order valence-corrected chi connectivity index (χ1v) is 9.47. The van der Waals surface area contributed by atoms with Crippen LogP contribution in [0.2, 0.25) is 0 Å². The fourth-order valence-electron chi connectivity index (χ4n) is 3.65. The van der Waals surface area contributed by atoms with Gasteiger partial charge in [0.25, 0.3) is 0 Å². The van der Waals surface area contributed by atoms with Crippen LogP contribution in [0.25, 0.3) is 0 Å². The molecule has 0 radical (unpaired) electrons. The summed E-state index contributed by atoms with van der Waals surface area (Å²) < 4.78 is 17.0. The first-order valence-electron chi connectivity index (χ1n) is 9.47. The highest BCUT2D eigenvalue weighted by Gasteiger charge is 2.27. The lowest BCUT2D eigenvalue weighted by atomic mass is 10.0. The van der Waals surface area contributed by atoms with Gasteiger partial charge in [-0.3, -0.25) is 9.69 Å².